The lowest BCUT2D eigenvalue weighted by molar-refractivity contribution is -0.117. The molecular weight excluding hydrogens is 243 g/mol. The normalized spacial score (nSPS) is 11.7. The van der Waals surface area contributed by atoms with Crippen LogP contribution in [0, 0.1) is 11.7 Å². The average Bonchev–Trinajstić information content (AvgIpc) is 2.28. The number of hydrogen-bond acceptors (Lipinski definition) is 3. The number of halogens is 1. The summed E-state index contributed by atoms with van der Waals surface area (Å²) in [6.07, 6.45) is 0. The van der Waals surface area contributed by atoms with Crippen molar-refractivity contribution in [1.82, 2.24) is 0 Å². The summed E-state index contributed by atoms with van der Waals surface area (Å²) in [6.45, 7) is 1.58. The fraction of sp³-hybridized carbons (Fsp3) is 0.273. The summed E-state index contributed by atoms with van der Waals surface area (Å²) in [5.41, 5.74) is 5.67. The van der Waals surface area contributed by atoms with Crippen molar-refractivity contribution < 1.29 is 13.9 Å². The van der Waals surface area contributed by atoms with Crippen molar-refractivity contribution in [2.24, 2.45) is 11.7 Å². The quantitative estimate of drug-likeness (QED) is 0.805. The van der Waals surface area contributed by atoms with Gasteiger partial charge in [0.1, 0.15) is 0 Å². The molecule has 1 aromatic carbocycles. The van der Waals surface area contributed by atoms with Crippen LogP contribution in [0.15, 0.2) is 18.2 Å². The fourth-order valence-corrected chi connectivity index (χ4v) is 1.23. The second-order valence-electron chi connectivity index (χ2n) is 3.46. The molecule has 6 heteroatoms. The van der Waals surface area contributed by atoms with E-state index in [0.29, 0.717) is 5.69 Å². The van der Waals surface area contributed by atoms with Gasteiger partial charge in [-0.05, 0) is 19.1 Å². The fourth-order valence-electron chi connectivity index (χ4n) is 1.12. The first-order valence-corrected chi connectivity index (χ1v) is 5.30. The van der Waals surface area contributed by atoms with E-state index >= 15 is 0 Å². The largest absolute Gasteiger partial charge is 0.494 e. The molecule has 0 aliphatic heterocycles. The van der Waals surface area contributed by atoms with Crippen LogP contribution in [0.3, 0.4) is 0 Å². The summed E-state index contributed by atoms with van der Waals surface area (Å²) in [6, 6.07) is 4.13. The summed E-state index contributed by atoms with van der Waals surface area (Å²) in [5.74, 6) is -1.41. The van der Waals surface area contributed by atoms with Crippen molar-refractivity contribution in [2.45, 2.75) is 6.92 Å². The van der Waals surface area contributed by atoms with Crippen LogP contribution in [0.4, 0.5) is 10.1 Å². The summed E-state index contributed by atoms with van der Waals surface area (Å²) in [5, 5.41) is 2.51. The van der Waals surface area contributed by atoms with Gasteiger partial charge in [0.05, 0.1) is 18.0 Å². The van der Waals surface area contributed by atoms with Crippen LogP contribution in [0.2, 0.25) is 0 Å². The molecule has 0 radical (unpaired) electrons. The van der Waals surface area contributed by atoms with Gasteiger partial charge in [-0.1, -0.05) is 12.2 Å². The van der Waals surface area contributed by atoms with E-state index in [2.05, 4.69) is 5.32 Å². The molecule has 17 heavy (non-hydrogen) atoms. The van der Waals surface area contributed by atoms with Gasteiger partial charge in [-0.15, -0.1) is 0 Å². The molecule has 0 saturated carbocycles. The van der Waals surface area contributed by atoms with E-state index in [0.717, 1.165) is 0 Å². The highest BCUT2D eigenvalue weighted by Gasteiger charge is 2.16. The number of thiocarbonyl (C=S) groups is 1. The van der Waals surface area contributed by atoms with Crippen molar-refractivity contribution >= 4 is 28.8 Å². The van der Waals surface area contributed by atoms with Crippen molar-refractivity contribution in [3.05, 3.63) is 24.0 Å². The van der Waals surface area contributed by atoms with Gasteiger partial charge < -0.3 is 15.8 Å². The van der Waals surface area contributed by atoms with Crippen LogP contribution in [0.25, 0.3) is 0 Å². The number of amides is 1. The molecule has 1 amide bonds. The lowest BCUT2D eigenvalue weighted by Gasteiger charge is -2.11. The summed E-state index contributed by atoms with van der Waals surface area (Å²) in [7, 11) is 1.37. The van der Waals surface area contributed by atoms with E-state index in [-0.39, 0.29) is 16.6 Å². The van der Waals surface area contributed by atoms with Gasteiger partial charge in [0, 0.05) is 11.8 Å². The molecule has 1 rings (SSSR count). The Hall–Kier alpha value is -1.69. The molecule has 0 bridgehead atoms. The van der Waals surface area contributed by atoms with Gasteiger partial charge in [-0.3, -0.25) is 4.79 Å². The molecule has 0 heterocycles. The van der Waals surface area contributed by atoms with E-state index in [4.69, 9.17) is 22.7 Å². The molecule has 1 atom stereocenters. The van der Waals surface area contributed by atoms with Crippen molar-refractivity contribution in [3.63, 3.8) is 0 Å². The Morgan fingerprint density at radius 2 is 2.24 bits per heavy atom. The maximum atomic E-state index is 13.3. The SMILES string of the molecule is COc1ccc(NC(=O)C(C)C(N)=S)cc1F. The number of hydrogen-bond donors (Lipinski definition) is 2. The van der Waals surface area contributed by atoms with Crippen molar-refractivity contribution in [3.8, 4) is 5.75 Å². The first kappa shape index (κ1) is 13.4. The second-order valence-corrected chi connectivity index (χ2v) is 3.93. The minimum absolute atomic E-state index is 0.0940. The highest BCUT2D eigenvalue weighted by Crippen LogP contribution is 2.20. The number of methoxy groups -OCH3 is 1. The first-order chi connectivity index (χ1) is 7.95. The number of carbonyl (C=O) groups excluding carboxylic acids is 1. The van der Waals surface area contributed by atoms with E-state index in [1.165, 1.54) is 25.3 Å². The highest BCUT2D eigenvalue weighted by molar-refractivity contribution is 7.80. The van der Waals surface area contributed by atoms with Crippen molar-refractivity contribution in [1.29, 1.82) is 0 Å². The zero-order valence-electron chi connectivity index (χ0n) is 9.49. The number of ether oxygens (including phenoxy) is 1. The van der Waals surface area contributed by atoms with E-state index in [1.54, 1.807) is 6.92 Å². The minimum Gasteiger partial charge on any atom is -0.494 e. The van der Waals surface area contributed by atoms with Crippen LogP contribution in [-0.2, 0) is 4.79 Å². The molecule has 0 fully saturated rings. The Bertz CT molecular complexity index is 451. The van der Waals surface area contributed by atoms with E-state index in [1.807, 2.05) is 0 Å². The third-order valence-corrected chi connectivity index (χ3v) is 2.59. The molecule has 1 aromatic rings. The van der Waals surface area contributed by atoms with Gasteiger partial charge in [-0.25, -0.2) is 4.39 Å². The molecule has 0 aromatic heterocycles. The molecule has 4 nitrogen and oxygen atoms in total. The molecule has 0 spiro atoms. The van der Waals surface area contributed by atoms with Crippen LogP contribution in [0.1, 0.15) is 6.92 Å². The monoisotopic (exact) mass is 256 g/mol. The Balaban J connectivity index is 2.79. The van der Waals surface area contributed by atoms with Gasteiger partial charge in [0.15, 0.2) is 11.6 Å². The van der Waals surface area contributed by atoms with Gasteiger partial charge in [-0.2, -0.15) is 0 Å². The van der Waals surface area contributed by atoms with Crippen LogP contribution >= 0.6 is 12.2 Å². The Morgan fingerprint density at radius 1 is 1.59 bits per heavy atom. The summed E-state index contributed by atoms with van der Waals surface area (Å²) < 4.78 is 18.1. The lowest BCUT2D eigenvalue weighted by Crippen LogP contribution is -2.30. The minimum atomic E-state index is -0.602. The number of carbonyl (C=O) groups is 1. The predicted molar refractivity (Wildman–Crippen MR) is 67.5 cm³/mol. The smallest absolute Gasteiger partial charge is 0.234 e. The van der Waals surface area contributed by atoms with Gasteiger partial charge in [0.2, 0.25) is 5.91 Å². The maximum absolute atomic E-state index is 13.3. The number of nitrogens with two attached hydrogens (primary N) is 1. The number of benzene rings is 1. The van der Waals surface area contributed by atoms with Crippen LogP contribution in [0.5, 0.6) is 5.75 Å². The topological polar surface area (TPSA) is 64.3 Å². The summed E-state index contributed by atoms with van der Waals surface area (Å²) >= 11 is 4.70. The van der Waals surface area contributed by atoms with Gasteiger partial charge >= 0.3 is 0 Å². The number of anilines is 1. The van der Waals surface area contributed by atoms with Gasteiger partial charge in [0.25, 0.3) is 0 Å². The number of nitrogens with one attached hydrogen (secondary N) is 1. The number of rotatable bonds is 4. The molecule has 3 N–H and O–H groups in total. The second kappa shape index (κ2) is 5.58. The highest BCUT2D eigenvalue weighted by atomic mass is 32.1. The third-order valence-electron chi connectivity index (χ3n) is 2.24. The lowest BCUT2D eigenvalue weighted by atomic mass is 10.1. The van der Waals surface area contributed by atoms with E-state index < -0.39 is 11.7 Å². The average molecular weight is 256 g/mol. The molecular formula is C11H13FN2O2S. The molecule has 0 saturated heterocycles. The molecule has 0 aliphatic rings. The van der Waals surface area contributed by atoms with E-state index in [9.17, 15) is 9.18 Å². The Morgan fingerprint density at radius 3 is 2.71 bits per heavy atom. The van der Waals surface area contributed by atoms with Crippen LogP contribution < -0.4 is 15.8 Å². The first-order valence-electron chi connectivity index (χ1n) is 4.89. The predicted octanol–water partition coefficient (Wildman–Crippen LogP) is 1.69. The van der Waals surface area contributed by atoms with Crippen LogP contribution in [-0.4, -0.2) is 18.0 Å². The zero-order chi connectivity index (χ0) is 13.0. The Kier molecular flexibility index (Phi) is 4.39. The molecule has 92 valence electrons. The Labute approximate surface area is 104 Å². The molecule has 1 unspecified atom stereocenters. The van der Waals surface area contributed by atoms with Crippen molar-refractivity contribution in [2.75, 3.05) is 12.4 Å². The zero-order valence-corrected chi connectivity index (χ0v) is 10.3. The maximum Gasteiger partial charge on any atom is 0.234 e. The third kappa shape index (κ3) is 3.39. The molecule has 0 aliphatic carbocycles. The summed E-state index contributed by atoms with van der Waals surface area (Å²) in [4.78, 5) is 11.7. The standard InChI is InChI=1S/C11H13FN2O2S/c1-6(10(13)17)11(15)14-7-3-4-9(16-2)8(12)5-7/h3-6H,1-2H3,(H2,13,17)(H,14,15).